The van der Waals surface area contributed by atoms with Crippen molar-refractivity contribution in [3.8, 4) is 0 Å². The highest BCUT2D eigenvalue weighted by Gasteiger charge is 2.30. The van der Waals surface area contributed by atoms with Crippen LogP contribution in [0.15, 0.2) is 60.8 Å². The summed E-state index contributed by atoms with van der Waals surface area (Å²) < 4.78 is 68.4. The fourth-order valence-corrected chi connectivity index (χ4v) is 11.7. The Morgan fingerprint density at radius 1 is 0.298 bits per heavy atom. The molecule has 0 amide bonds. The van der Waals surface area contributed by atoms with Crippen molar-refractivity contribution in [2.75, 3.05) is 39.6 Å². The Balaban J connectivity index is 5.33. The van der Waals surface area contributed by atoms with Crippen LogP contribution >= 0.6 is 15.6 Å². The van der Waals surface area contributed by atoms with Crippen molar-refractivity contribution in [2.24, 2.45) is 0 Å². The maximum atomic E-state index is 13.0. The number of aliphatic hydroxyl groups is 1. The van der Waals surface area contributed by atoms with Crippen molar-refractivity contribution in [1.29, 1.82) is 0 Å². The predicted octanol–water partition coefficient (Wildman–Crippen LogP) is 21.1. The van der Waals surface area contributed by atoms with Gasteiger partial charge in [0.25, 0.3) is 0 Å². The summed E-state index contributed by atoms with van der Waals surface area (Å²) in [7, 11) is -9.94. The molecule has 0 rings (SSSR count). The van der Waals surface area contributed by atoms with Crippen molar-refractivity contribution in [3.05, 3.63) is 60.8 Å². The molecule has 0 saturated carbocycles. The van der Waals surface area contributed by atoms with Crippen LogP contribution in [0.25, 0.3) is 0 Å². The van der Waals surface area contributed by atoms with Gasteiger partial charge >= 0.3 is 39.5 Å². The number of rotatable bonds is 71. The van der Waals surface area contributed by atoms with Crippen LogP contribution in [-0.2, 0) is 65.4 Å². The van der Waals surface area contributed by atoms with E-state index in [4.69, 9.17) is 37.0 Å². The first-order chi connectivity index (χ1) is 45.7. The summed E-state index contributed by atoms with van der Waals surface area (Å²) in [6.45, 7) is 4.76. The summed E-state index contributed by atoms with van der Waals surface area (Å²) in [5.74, 6) is -2.20. The molecular weight excluding hydrogens is 1230 g/mol. The van der Waals surface area contributed by atoms with Crippen LogP contribution in [0.5, 0.6) is 0 Å². The zero-order valence-electron chi connectivity index (χ0n) is 59.6. The minimum Gasteiger partial charge on any atom is -0.462 e. The molecule has 0 spiro atoms. The summed E-state index contributed by atoms with van der Waals surface area (Å²) in [4.78, 5) is 72.7. The molecular formula is C75H136O17P2. The van der Waals surface area contributed by atoms with E-state index in [0.717, 1.165) is 167 Å². The maximum Gasteiger partial charge on any atom is 0.472 e. The first-order valence-electron chi connectivity index (χ1n) is 37.5. The van der Waals surface area contributed by atoms with Gasteiger partial charge in [-0.3, -0.25) is 37.3 Å². The van der Waals surface area contributed by atoms with Crippen LogP contribution in [-0.4, -0.2) is 96.7 Å². The largest absolute Gasteiger partial charge is 0.472 e. The van der Waals surface area contributed by atoms with Crippen molar-refractivity contribution in [1.82, 2.24) is 0 Å². The van der Waals surface area contributed by atoms with E-state index in [0.29, 0.717) is 25.7 Å². The van der Waals surface area contributed by atoms with E-state index < -0.39 is 97.5 Å². The van der Waals surface area contributed by atoms with Crippen LogP contribution in [0, 0.1) is 0 Å². The molecule has 0 saturated heterocycles. The third-order valence-electron chi connectivity index (χ3n) is 15.9. The molecule has 0 fully saturated rings. The van der Waals surface area contributed by atoms with Gasteiger partial charge in [-0.05, 0) is 128 Å². The SMILES string of the molecule is CCC/C=C\C/C=C\CCCCCCCC(=O)OC(COC(=O)CCCCCCC/C=C\CCCCCCCC)COP(=O)(O)OCC(O)COP(=O)(O)OCC(COC(=O)CCCCCCC/C=C\CCCCCC)OC(=O)CCCCCCC/C=C\CCCCCC. The summed E-state index contributed by atoms with van der Waals surface area (Å²) in [6.07, 6.45) is 65.0. The summed E-state index contributed by atoms with van der Waals surface area (Å²) in [6, 6.07) is 0. The first-order valence-corrected chi connectivity index (χ1v) is 40.5. The average molecular weight is 1370 g/mol. The van der Waals surface area contributed by atoms with E-state index in [1.807, 2.05) is 0 Å². The van der Waals surface area contributed by atoms with Crippen LogP contribution in [0.4, 0.5) is 0 Å². The zero-order valence-corrected chi connectivity index (χ0v) is 61.4. The van der Waals surface area contributed by atoms with E-state index in [2.05, 4.69) is 88.5 Å². The Morgan fingerprint density at radius 2 is 0.543 bits per heavy atom. The number of esters is 4. The second kappa shape index (κ2) is 68.3. The molecule has 0 aromatic carbocycles. The van der Waals surface area contributed by atoms with Crippen molar-refractivity contribution < 1.29 is 80.2 Å². The molecule has 0 aliphatic rings. The van der Waals surface area contributed by atoms with Gasteiger partial charge in [0.15, 0.2) is 12.2 Å². The Bertz CT molecular complexity index is 2030. The van der Waals surface area contributed by atoms with Gasteiger partial charge in [-0.15, -0.1) is 0 Å². The van der Waals surface area contributed by atoms with Gasteiger partial charge in [-0.25, -0.2) is 9.13 Å². The molecule has 94 heavy (non-hydrogen) atoms. The third-order valence-corrected chi connectivity index (χ3v) is 17.8. The fourth-order valence-electron chi connectivity index (χ4n) is 10.1. The molecule has 0 aliphatic heterocycles. The molecule has 17 nitrogen and oxygen atoms in total. The third kappa shape index (κ3) is 67.3. The van der Waals surface area contributed by atoms with Gasteiger partial charge in [-0.2, -0.15) is 0 Å². The fraction of sp³-hybridized carbons (Fsp3) is 0.813. The number of carbonyl (C=O) groups excluding carboxylic acids is 4. The summed E-state index contributed by atoms with van der Waals surface area (Å²) in [5, 5.41) is 10.6. The summed E-state index contributed by atoms with van der Waals surface area (Å²) >= 11 is 0. The molecule has 5 unspecified atom stereocenters. The molecule has 0 aromatic rings. The lowest BCUT2D eigenvalue weighted by molar-refractivity contribution is -0.161. The lowest BCUT2D eigenvalue weighted by Crippen LogP contribution is -2.30. The standard InChI is InChI=1S/C75H136O17P2/c1-5-9-13-17-21-25-29-33-34-38-40-44-48-52-56-60-73(78)86-66-71(92-75(80)62-58-54-50-46-42-37-32-28-24-20-16-12-8-4)68-90-94(83,84)88-64-69(76)63-87-93(81,82)89-67-70(91-74(79)61-57-53-49-45-41-36-31-27-23-19-15-11-7-3)65-85-72(77)59-55-51-47-43-39-35-30-26-22-18-14-10-6-2/h16,20,26-28,30-34,69-71,76H,5-15,17-19,21-25,29,35-68H2,1-4H3,(H,81,82)(H,83,84)/b20-16-,30-26-,31-27-,32-28-,34-33-. The van der Waals surface area contributed by atoms with Crippen molar-refractivity contribution >= 4 is 39.5 Å². The summed E-state index contributed by atoms with van der Waals surface area (Å²) in [5.41, 5.74) is 0. The van der Waals surface area contributed by atoms with Gasteiger partial charge in [0.05, 0.1) is 26.4 Å². The number of unbranched alkanes of at least 4 members (excludes halogenated alkanes) is 35. The number of hydrogen-bond acceptors (Lipinski definition) is 15. The van der Waals surface area contributed by atoms with Crippen LogP contribution in [0.3, 0.4) is 0 Å². The Morgan fingerprint density at radius 3 is 0.851 bits per heavy atom. The topological polar surface area (TPSA) is 237 Å². The molecule has 0 aliphatic carbocycles. The number of carbonyl (C=O) groups is 4. The molecule has 0 aromatic heterocycles. The lowest BCUT2D eigenvalue weighted by Gasteiger charge is -2.21. The molecule has 0 heterocycles. The van der Waals surface area contributed by atoms with E-state index in [1.165, 1.54) is 89.9 Å². The number of aliphatic hydroxyl groups excluding tert-OH is 1. The zero-order chi connectivity index (χ0) is 69.0. The van der Waals surface area contributed by atoms with Gasteiger partial charge in [0, 0.05) is 25.7 Å². The second-order valence-electron chi connectivity index (χ2n) is 25.2. The smallest absolute Gasteiger partial charge is 0.462 e. The van der Waals surface area contributed by atoms with Gasteiger partial charge in [0.1, 0.15) is 19.3 Å². The Kier molecular flexibility index (Phi) is 65.9. The van der Waals surface area contributed by atoms with Gasteiger partial charge in [-0.1, -0.05) is 243 Å². The minimum atomic E-state index is -4.97. The number of allylic oxidation sites excluding steroid dienone is 10. The highest BCUT2D eigenvalue weighted by Crippen LogP contribution is 2.45. The molecule has 548 valence electrons. The quantitative estimate of drug-likeness (QED) is 0.0169. The lowest BCUT2D eigenvalue weighted by atomic mass is 10.1. The van der Waals surface area contributed by atoms with Crippen molar-refractivity contribution in [3.63, 3.8) is 0 Å². The van der Waals surface area contributed by atoms with E-state index >= 15 is 0 Å². The van der Waals surface area contributed by atoms with Gasteiger partial charge in [0.2, 0.25) is 0 Å². The number of phosphoric ester groups is 2. The highest BCUT2D eigenvalue weighted by atomic mass is 31.2. The van der Waals surface area contributed by atoms with Gasteiger partial charge < -0.3 is 33.8 Å². The van der Waals surface area contributed by atoms with E-state index in [1.54, 1.807) is 0 Å². The van der Waals surface area contributed by atoms with E-state index in [9.17, 15) is 43.2 Å². The molecule has 5 atom stereocenters. The second-order valence-corrected chi connectivity index (χ2v) is 28.1. The number of phosphoric acid groups is 2. The van der Waals surface area contributed by atoms with E-state index in [-0.39, 0.29) is 25.7 Å². The Labute approximate surface area is 571 Å². The predicted molar refractivity (Wildman–Crippen MR) is 381 cm³/mol. The highest BCUT2D eigenvalue weighted by molar-refractivity contribution is 7.47. The molecule has 19 heteroatoms. The first kappa shape index (κ1) is 90.8. The van der Waals surface area contributed by atoms with Crippen LogP contribution in [0.2, 0.25) is 0 Å². The van der Waals surface area contributed by atoms with Crippen LogP contribution < -0.4 is 0 Å². The number of hydrogen-bond donors (Lipinski definition) is 3. The van der Waals surface area contributed by atoms with Crippen LogP contribution in [0.1, 0.15) is 336 Å². The minimum absolute atomic E-state index is 0.0802. The normalized spacial score (nSPS) is 14.3. The molecule has 3 N–H and O–H groups in total. The average Bonchev–Trinajstić information content (AvgIpc) is 1.63. The van der Waals surface area contributed by atoms with Crippen molar-refractivity contribution in [2.45, 2.75) is 354 Å². The monoisotopic (exact) mass is 1370 g/mol. The Hall–Kier alpha value is -3.24. The molecule has 0 bridgehead atoms. The number of ether oxygens (including phenoxy) is 4. The molecule has 0 radical (unpaired) electrons. The maximum absolute atomic E-state index is 13.0.